The zero-order chi connectivity index (χ0) is 29.1. The number of likely N-dealkylation sites (N-methyl/N-ethyl adjacent to an activating group) is 1. The molecule has 0 bridgehead atoms. The monoisotopic (exact) mass is 568 g/mol. The highest BCUT2D eigenvalue weighted by molar-refractivity contribution is 5.91. The number of nitrogens with zero attached hydrogens (tertiary/aromatic N) is 2. The minimum absolute atomic E-state index is 0.0592. The number of piperazine rings is 1. The summed E-state index contributed by atoms with van der Waals surface area (Å²) in [4.78, 5) is 33.4. The quantitative estimate of drug-likeness (QED) is 0.368. The molecule has 0 aliphatic carbocycles. The van der Waals surface area contributed by atoms with Gasteiger partial charge in [-0.1, -0.05) is 18.2 Å². The molecule has 1 atom stereocenters. The first-order valence-corrected chi connectivity index (χ1v) is 12.9. The number of fused-ring (bicyclic) bond motifs is 1. The summed E-state index contributed by atoms with van der Waals surface area (Å²) in [5.41, 5.74) is -1.53. The molecule has 0 radical (unpaired) electrons. The summed E-state index contributed by atoms with van der Waals surface area (Å²) in [7, 11) is 1.98. The number of nitrogens with one attached hydrogen (secondary N) is 2. The van der Waals surface area contributed by atoms with Gasteiger partial charge in [0.15, 0.2) is 5.78 Å². The normalized spacial score (nSPS) is 16.3. The van der Waals surface area contributed by atoms with Crippen molar-refractivity contribution < 1.29 is 35.9 Å². The van der Waals surface area contributed by atoms with Crippen molar-refractivity contribution in [2.75, 3.05) is 39.8 Å². The zero-order valence-corrected chi connectivity index (χ0v) is 21.8. The van der Waals surface area contributed by atoms with E-state index in [9.17, 15) is 35.9 Å². The molecule has 1 fully saturated rings. The number of benzene rings is 2. The molecule has 1 amide bonds. The van der Waals surface area contributed by atoms with Crippen LogP contribution in [0.15, 0.2) is 48.7 Å². The third-order valence-electron chi connectivity index (χ3n) is 7.09. The standard InChI is InChI=1S/C28H30F6N4O2/c1-37-8-10-38(11-9-37)17-26(40)36-24(14-19-16-35-23-5-3-2-4-22(19)23)25(39)7-6-18-12-20(27(29,30)31)15-21(13-18)28(32,33)34/h2-5,12-13,15-16,24,35H,6-11,14,17H2,1H3,(H,36,40). The van der Waals surface area contributed by atoms with Crippen LogP contribution in [0.2, 0.25) is 0 Å². The summed E-state index contributed by atoms with van der Waals surface area (Å²) in [5.74, 6) is -0.857. The average molecular weight is 569 g/mol. The Bertz CT molecular complexity index is 1310. The summed E-state index contributed by atoms with van der Waals surface area (Å²) in [6.45, 7) is 3.03. The molecule has 2 N–H and O–H groups in total. The SMILES string of the molecule is CN1CCN(CC(=O)NC(Cc2c[nH]c3ccccc23)C(=O)CCc2cc(C(F)(F)F)cc(C(F)(F)F)c2)CC1. The summed E-state index contributed by atoms with van der Waals surface area (Å²) < 4.78 is 79.6. The van der Waals surface area contributed by atoms with Crippen LogP contribution in [0.1, 0.15) is 28.7 Å². The smallest absolute Gasteiger partial charge is 0.361 e. The Morgan fingerprint density at radius 3 is 2.20 bits per heavy atom. The number of aromatic nitrogens is 1. The maximum absolute atomic E-state index is 13.3. The highest BCUT2D eigenvalue weighted by atomic mass is 19.4. The van der Waals surface area contributed by atoms with Gasteiger partial charge in [0.25, 0.3) is 0 Å². The lowest BCUT2D eigenvalue weighted by Crippen LogP contribution is -2.51. The van der Waals surface area contributed by atoms with Gasteiger partial charge in [-0.2, -0.15) is 26.3 Å². The minimum Gasteiger partial charge on any atom is -0.361 e. The van der Waals surface area contributed by atoms with E-state index in [2.05, 4.69) is 15.2 Å². The van der Waals surface area contributed by atoms with Crippen molar-refractivity contribution in [3.63, 3.8) is 0 Å². The van der Waals surface area contributed by atoms with Gasteiger partial charge >= 0.3 is 12.4 Å². The summed E-state index contributed by atoms with van der Waals surface area (Å²) >= 11 is 0. The molecule has 1 aromatic heterocycles. The molecular formula is C28H30F6N4O2. The van der Waals surface area contributed by atoms with E-state index in [4.69, 9.17) is 0 Å². The number of aryl methyl sites for hydroxylation is 1. The number of aromatic amines is 1. The van der Waals surface area contributed by atoms with Crippen molar-refractivity contribution in [1.29, 1.82) is 0 Å². The largest absolute Gasteiger partial charge is 0.416 e. The molecule has 3 aromatic rings. The van der Waals surface area contributed by atoms with Gasteiger partial charge in [-0.15, -0.1) is 0 Å². The molecular weight excluding hydrogens is 538 g/mol. The van der Waals surface area contributed by atoms with Crippen molar-refractivity contribution in [2.24, 2.45) is 0 Å². The van der Waals surface area contributed by atoms with Crippen molar-refractivity contribution in [1.82, 2.24) is 20.1 Å². The Hall–Kier alpha value is -3.38. The predicted molar refractivity (Wildman–Crippen MR) is 138 cm³/mol. The van der Waals surface area contributed by atoms with E-state index in [-0.39, 0.29) is 43.3 Å². The van der Waals surface area contributed by atoms with Gasteiger partial charge in [-0.3, -0.25) is 14.5 Å². The first kappa shape index (κ1) is 29.6. The van der Waals surface area contributed by atoms with Crippen LogP contribution in [-0.2, 0) is 34.8 Å². The molecule has 4 rings (SSSR count). The van der Waals surface area contributed by atoms with Crippen molar-refractivity contribution in [2.45, 2.75) is 37.7 Å². The lowest BCUT2D eigenvalue weighted by molar-refractivity contribution is -0.143. The molecule has 1 unspecified atom stereocenters. The lowest BCUT2D eigenvalue weighted by atomic mass is 9.95. The van der Waals surface area contributed by atoms with Crippen LogP contribution in [0.3, 0.4) is 0 Å². The lowest BCUT2D eigenvalue weighted by Gasteiger charge is -2.32. The van der Waals surface area contributed by atoms with E-state index in [0.29, 0.717) is 25.2 Å². The van der Waals surface area contributed by atoms with Crippen LogP contribution in [-0.4, -0.2) is 72.3 Å². The Morgan fingerprint density at radius 1 is 0.950 bits per heavy atom. The number of Topliss-reactive ketones (excluding diaryl/α,β-unsaturated/α-hetero) is 1. The Morgan fingerprint density at radius 2 is 1.57 bits per heavy atom. The molecule has 2 heterocycles. The number of amides is 1. The van der Waals surface area contributed by atoms with E-state index in [1.54, 1.807) is 6.20 Å². The van der Waals surface area contributed by atoms with Gasteiger partial charge in [0.1, 0.15) is 0 Å². The molecule has 0 saturated carbocycles. The molecule has 12 heteroatoms. The summed E-state index contributed by atoms with van der Waals surface area (Å²) in [6, 6.07) is 7.69. The van der Waals surface area contributed by atoms with Crippen LogP contribution in [0.4, 0.5) is 26.3 Å². The molecule has 1 saturated heterocycles. The topological polar surface area (TPSA) is 68.4 Å². The summed E-state index contributed by atoms with van der Waals surface area (Å²) in [5, 5.41) is 3.62. The van der Waals surface area contributed by atoms with Crippen LogP contribution in [0.25, 0.3) is 10.9 Å². The number of H-pyrrole nitrogens is 1. The predicted octanol–water partition coefficient (Wildman–Crippen LogP) is 4.68. The molecule has 0 spiro atoms. The van der Waals surface area contributed by atoms with Crippen LogP contribution >= 0.6 is 0 Å². The second kappa shape index (κ2) is 12.0. The molecule has 2 aromatic carbocycles. The molecule has 1 aliphatic rings. The highest BCUT2D eigenvalue weighted by Gasteiger charge is 2.37. The third kappa shape index (κ3) is 7.63. The van der Waals surface area contributed by atoms with Crippen molar-refractivity contribution >= 4 is 22.6 Å². The number of carbonyl (C=O) groups excluding carboxylic acids is 2. The Balaban J connectivity index is 1.52. The third-order valence-corrected chi connectivity index (χ3v) is 7.09. The van der Waals surface area contributed by atoms with Gasteiger partial charge < -0.3 is 15.2 Å². The van der Waals surface area contributed by atoms with E-state index in [1.807, 2.05) is 36.2 Å². The fourth-order valence-corrected chi connectivity index (χ4v) is 4.82. The number of ketones is 1. The number of hydrogen-bond acceptors (Lipinski definition) is 4. The Labute approximate surface area is 227 Å². The second-order valence-corrected chi connectivity index (χ2v) is 10.1. The van der Waals surface area contributed by atoms with Crippen molar-refractivity contribution in [3.8, 4) is 0 Å². The molecule has 1 aliphatic heterocycles. The number of carbonyl (C=O) groups is 2. The fraction of sp³-hybridized carbons (Fsp3) is 0.429. The van der Waals surface area contributed by atoms with Gasteiger partial charge in [0.2, 0.25) is 5.91 Å². The number of alkyl halides is 6. The van der Waals surface area contributed by atoms with Crippen molar-refractivity contribution in [3.05, 3.63) is 70.9 Å². The first-order valence-electron chi connectivity index (χ1n) is 12.9. The van der Waals surface area contributed by atoms with E-state index in [1.165, 1.54) is 0 Å². The van der Waals surface area contributed by atoms with Crippen LogP contribution in [0.5, 0.6) is 0 Å². The average Bonchev–Trinajstić information content (AvgIpc) is 3.30. The molecule has 40 heavy (non-hydrogen) atoms. The fourth-order valence-electron chi connectivity index (χ4n) is 4.82. The maximum atomic E-state index is 13.3. The molecule has 6 nitrogen and oxygen atoms in total. The minimum atomic E-state index is -4.98. The number of rotatable bonds is 9. The van der Waals surface area contributed by atoms with Gasteiger partial charge in [0.05, 0.1) is 23.7 Å². The maximum Gasteiger partial charge on any atom is 0.416 e. The number of halogens is 6. The number of para-hydroxylation sites is 1. The van der Waals surface area contributed by atoms with Gasteiger partial charge in [0, 0.05) is 56.1 Å². The van der Waals surface area contributed by atoms with E-state index >= 15 is 0 Å². The van der Waals surface area contributed by atoms with E-state index < -0.39 is 35.3 Å². The molecule has 216 valence electrons. The number of hydrogen-bond donors (Lipinski definition) is 2. The second-order valence-electron chi connectivity index (χ2n) is 10.1. The highest BCUT2D eigenvalue weighted by Crippen LogP contribution is 2.36. The first-order chi connectivity index (χ1) is 18.8. The van der Waals surface area contributed by atoms with Gasteiger partial charge in [-0.25, -0.2) is 0 Å². The van der Waals surface area contributed by atoms with E-state index in [0.717, 1.165) is 29.6 Å². The van der Waals surface area contributed by atoms with Crippen LogP contribution in [0, 0.1) is 0 Å². The summed E-state index contributed by atoms with van der Waals surface area (Å²) in [6.07, 6.45) is -8.80. The zero-order valence-electron chi connectivity index (χ0n) is 21.8. The Kier molecular flexibility index (Phi) is 8.89. The van der Waals surface area contributed by atoms with Crippen LogP contribution < -0.4 is 5.32 Å². The van der Waals surface area contributed by atoms with Gasteiger partial charge in [-0.05, 0) is 48.9 Å².